The lowest BCUT2D eigenvalue weighted by Crippen LogP contribution is -2.16. The summed E-state index contributed by atoms with van der Waals surface area (Å²) < 4.78 is 41.4. The fourth-order valence-corrected chi connectivity index (χ4v) is 2.27. The third-order valence-electron chi connectivity index (χ3n) is 2.79. The quantitative estimate of drug-likeness (QED) is 0.710. The Morgan fingerprint density at radius 1 is 1.25 bits per heavy atom. The van der Waals surface area contributed by atoms with Crippen molar-refractivity contribution in [3.05, 3.63) is 29.6 Å². The fourth-order valence-electron chi connectivity index (χ4n) is 1.65. The van der Waals surface area contributed by atoms with E-state index >= 15 is 0 Å². The molecular weight excluding hydrogens is 281 g/mol. The van der Waals surface area contributed by atoms with Crippen molar-refractivity contribution in [2.75, 3.05) is 24.7 Å². The number of sulfone groups is 1. The van der Waals surface area contributed by atoms with Crippen molar-refractivity contribution in [3.63, 3.8) is 0 Å². The normalized spacial score (nSPS) is 11.6. The van der Waals surface area contributed by atoms with Gasteiger partial charge in [0.25, 0.3) is 0 Å². The smallest absolute Gasteiger partial charge is 0.153 e. The van der Waals surface area contributed by atoms with Gasteiger partial charge in [0, 0.05) is 18.4 Å². The summed E-state index contributed by atoms with van der Waals surface area (Å²) in [5, 5.41) is 3.18. The minimum Gasteiger partial charge on any atom is -0.492 e. The van der Waals surface area contributed by atoms with Gasteiger partial charge >= 0.3 is 0 Å². The van der Waals surface area contributed by atoms with Crippen LogP contribution >= 0.6 is 0 Å². The summed E-state index contributed by atoms with van der Waals surface area (Å²) in [6.45, 7) is 5.12. The monoisotopic (exact) mass is 303 g/mol. The zero-order chi connectivity index (χ0) is 15.0. The standard InChI is InChI=1S/C14H22FNO3S/c1-3-5-16-11-12-8-13(15)10-14(9-12)19-6-7-20(17,18)4-2/h8-10,16H,3-7,11H2,1-2H3. The van der Waals surface area contributed by atoms with E-state index in [1.54, 1.807) is 13.0 Å². The van der Waals surface area contributed by atoms with Gasteiger partial charge in [-0.25, -0.2) is 12.8 Å². The van der Waals surface area contributed by atoms with E-state index in [4.69, 9.17) is 4.74 Å². The molecule has 1 aromatic carbocycles. The molecule has 0 heterocycles. The van der Waals surface area contributed by atoms with Crippen molar-refractivity contribution < 1.29 is 17.5 Å². The van der Waals surface area contributed by atoms with Crippen LogP contribution in [0, 0.1) is 5.82 Å². The van der Waals surface area contributed by atoms with Gasteiger partial charge in [-0.15, -0.1) is 0 Å². The molecule has 0 spiro atoms. The lowest BCUT2D eigenvalue weighted by molar-refractivity contribution is 0.338. The van der Waals surface area contributed by atoms with Gasteiger partial charge < -0.3 is 10.1 Å². The maximum Gasteiger partial charge on any atom is 0.153 e. The zero-order valence-electron chi connectivity index (χ0n) is 12.0. The van der Waals surface area contributed by atoms with Crippen molar-refractivity contribution in [3.8, 4) is 5.75 Å². The minimum atomic E-state index is -3.06. The second-order valence-corrected chi connectivity index (χ2v) is 7.03. The van der Waals surface area contributed by atoms with E-state index in [-0.39, 0.29) is 23.9 Å². The Bertz CT molecular complexity index is 517. The Labute approximate surface area is 120 Å². The Morgan fingerprint density at radius 2 is 2.00 bits per heavy atom. The number of halogens is 1. The highest BCUT2D eigenvalue weighted by Crippen LogP contribution is 2.16. The molecule has 6 heteroatoms. The van der Waals surface area contributed by atoms with E-state index in [0.29, 0.717) is 12.3 Å². The van der Waals surface area contributed by atoms with E-state index in [2.05, 4.69) is 12.2 Å². The summed E-state index contributed by atoms with van der Waals surface area (Å²) >= 11 is 0. The second kappa shape index (κ2) is 8.21. The van der Waals surface area contributed by atoms with Crippen LogP contribution in [-0.4, -0.2) is 33.1 Å². The molecule has 0 bridgehead atoms. The molecule has 0 unspecified atom stereocenters. The highest BCUT2D eigenvalue weighted by molar-refractivity contribution is 7.91. The molecule has 1 aromatic rings. The van der Waals surface area contributed by atoms with E-state index < -0.39 is 9.84 Å². The van der Waals surface area contributed by atoms with Gasteiger partial charge in [-0.1, -0.05) is 13.8 Å². The Morgan fingerprint density at radius 3 is 2.65 bits per heavy atom. The molecule has 114 valence electrons. The first kappa shape index (κ1) is 16.9. The highest BCUT2D eigenvalue weighted by atomic mass is 32.2. The third kappa shape index (κ3) is 6.34. The lowest BCUT2D eigenvalue weighted by atomic mass is 10.2. The molecule has 0 aliphatic carbocycles. The van der Waals surface area contributed by atoms with Crippen LogP contribution in [0.15, 0.2) is 18.2 Å². The third-order valence-corrected chi connectivity index (χ3v) is 4.46. The number of nitrogens with one attached hydrogen (secondary N) is 1. The van der Waals surface area contributed by atoms with Crippen LogP contribution in [0.2, 0.25) is 0 Å². The lowest BCUT2D eigenvalue weighted by Gasteiger charge is -2.09. The van der Waals surface area contributed by atoms with Crippen LogP contribution in [0.4, 0.5) is 4.39 Å². The summed E-state index contributed by atoms with van der Waals surface area (Å²) in [4.78, 5) is 0. The van der Waals surface area contributed by atoms with Crippen molar-refractivity contribution >= 4 is 9.84 Å². The fraction of sp³-hybridized carbons (Fsp3) is 0.571. The van der Waals surface area contributed by atoms with E-state index in [1.165, 1.54) is 12.1 Å². The minimum absolute atomic E-state index is 0.0431. The number of ether oxygens (including phenoxy) is 1. The number of hydrogen-bond acceptors (Lipinski definition) is 4. The molecule has 0 amide bonds. The van der Waals surface area contributed by atoms with E-state index in [9.17, 15) is 12.8 Å². The summed E-state index contributed by atoms with van der Waals surface area (Å²) in [5.74, 6) is 0.0218. The zero-order valence-corrected chi connectivity index (χ0v) is 12.8. The largest absolute Gasteiger partial charge is 0.492 e. The highest BCUT2D eigenvalue weighted by Gasteiger charge is 2.08. The van der Waals surface area contributed by atoms with Crippen molar-refractivity contribution in [1.82, 2.24) is 5.32 Å². The maximum atomic E-state index is 13.4. The Balaban J connectivity index is 2.57. The molecular formula is C14H22FNO3S. The SMILES string of the molecule is CCCNCc1cc(F)cc(OCCS(=O)(=O)CC)c1. The summed E-state index contributed by atoms with van der Waals surface area (Å²) in [6, 6.07) is 4.44. The predicted molar refractivity (Wildman–Crippen MR) is 78.2 cm³/mol. The van der Waals surface area contributed by atoms with Crippen LogP contribution in [0.3, 0.4) is 0 Å². The molecule has 1 rings (SSSR count). The average molecular weight is 303 g/mol. The molecule has 4 nitrogen and oxygen atoms in total. The van der Waals surface area contributed by atoms with E-state index in [1.807, 2.05) is 0 Å². The molecule has 0 fully saturated rings. The van der Waals surface area contributed by atoms with Gasteiger partial charge in [0.05, 0.1) is 5.75 Å². The number of benzene rings is 1. The molecule has 0 aliphatic rings. The van der Waals surface area contributed by atoms with Gasteiger partial charge in [-0.2, -0.15) is 0 Å². The molecule has 0 saturated carbocycles. The van der Waals surface area contributed by atoms with E-state index in [0.717, 1.165) is 18.5 Å². The first-order chi connectivity index (χ1) is 9.46. The molecule has 20 heavy (non-hydrogen) atoms. The molecule has 0 radical (unpaired) electrons. The maximum absolute atomic E-state index is 13.4. The summed E-state index contributed by atoms with van der Waals surface area (Å²) in [5.41, 5.74) is 0.784. The first-order valence-electron chi connectivity index (χ1n) is 6.80. The molecule has 1 N–H and O–H groups in total. The van der Waals surface area contributed by atoms with Crippen LogP contribution in [0.5, 0.6) is 5.75 Å². The van der Waals surface area contributed by atoms with Crippen molar-refractivity contribution in [1.29, 1.82) is 0 Å². The number of hydrogen-bond donors (Lipinski definition) is 1. The van der Waals surface area contributed by atoms with Crippen molar-refractivity contribution in [2.24, 2.45) is 0 Å². The van der Waals surface area contributed by atoms with Gasteiger partial charge in [-0.05, 0) is 30.7 Å². The van der Waals surface area contributed by atoms with Gasteiger partial charge in [0.1, 0.15) is 18.2 Å². The average Bonchev–Trinajstić information content (AvgIpc) is 2.38. The molecule has 0 aromatic heterocycles. The molecule has 0 aliphatic heterocycles. The summed E-state index contributed by atoms with van der Waals surface area (Å²) in [6.07, 6.45) is 1.01. The second-order valence-electron chi connectivity index (χ2n) is 4.56. The predicted octanol–water partition coefficient (Wildman–Crippen LogP) is 2.14. The van der Waals surface area contributed by atoms with Crippen LogP contribution < -0.4 is 10.1 Å². The van der Waals surface area contributed by atoms with Crippen LogP contribution in [-0.2, 0) is 16.4 Å². The summed E-state index contributed by atoms with van der Waals surface area (Å²) in [7, 11) is -3.06. The Hall–Kier alpha value is -1.14. The van der Waals surface area contributed by atoms with Gasteiger partial charge in [0.15, 0.2) is 9.84 Å². The van der Waals surface area contributed by atoms with Gasteiger partial charge in [0.2, 0.25) is 0 Å². The topological polar surface area (TPSA) is 55.4 Å². The van der Waals surface area contributed by atoms with Gasteiger partial charge in [-0.3, -0.25) is 0 Å². The molecule has 0 atom stereocenters. The first-order valence-corrected chi connectivity index (χ1v) is 8.62. The Kier molecular flexibility index (Phi) is 6.95. The molecule has 0 saturated heterocycles. The van der Waals surface area contributed by atoms with Crippen LogP contribution in [0.1, 0.15) is 25.8 Å². The number of rotatable bonds is 9. The van der Waals surface area contributed by atoms with Crippen LogP contribution in [0.25, 0.3) is 0 Å². The van der Waals surface area contributed by atoms with Crippen molar-refractivity contribution in [2.45, 2.75) is 26.8 Å².